The average Bonchev–Trinajstić information content (AvgIpc) is 3.53. The predicted molar refractivity (Wildman–Crippen MR) is 335 cm³/mol. The van der Waals surface area contributed by atoms with Crippen LogP contribution in [0.25, 0.3) is 34.0 Å². The molecule has 0 unspecified atom stereocenters. The van der Waals surface area contributed by atoms with Gasteiger partial charge in [-0.2, -0.15) is 26.3 Å². The molecular formula is C64H76BBrF6N6O6Si2. The minimum atomic E-state index is -4.55. The molecule has 12 nitrogen and oxygen atoms in total. The van der Waals surface area contributed by atoms with Gasteiger partial charge in [0, 0.05) is 70.8 Å². The number of aryl methyl sites for hydroxylation is 2. The molecule has 0 bridgehead atoms. The van der Waals surface area contributed by atoms with E-state index in [-0.39, 0.29) is 43.4 Å². The molecule has 1 saturated heterocycles. The Bertz CT molecular complexity index is 3430. The lowest BCUT2D eigenvalue weighted by Crippen LogP contribution is -2.41. The molecular weight excluding hydrogens is 1210 g/mol. The molecule has 0 amide bonds. The minimum Gasteiger partial charge on any atom is -0.489 e. The maximum atomic E-state index is 13.4. The first-order valence-electron chi connectivity index (χ1n) is 28.3. The Morgan fingerprint density at radius 1 is 0.547 bits per heavy atom. The lowest BCUT2D eigenvalue weighted by atomic mass is 9.78. The summed E-state index contributed by atoms with van der Waals surface area (Å²) in [5, 5.41) is 0. The Morgan fingerprint density at radius 2 is 0.977 bits per heavy atom. The van der Waals surface area contributed by atoms with Crippen LogP contribution in [0.1, 0.15) is 61.3 Å². The van der Waals surface area contributed by atoms with Crippen molar-refractivity contribution in [1.29, 1.82) is 0 Å². The summed E-state index contributed by atoms with van der Waals surface area (Å²) in [5.74, 6) is 2.03. The van der Waals surface area contributed by atoms with E-state index in [9.17, 15) is 26.3 Å². The number of ether oxygens (including phenoxy) is 4. The maximum absolute atomic E-state index is 13.4. The van der Waals surface area contributed by atoms with Crippen LogP contribution >= 0.6 is 15.9 Å². The van der Waals surface area contributed by atoms with Gasteiger partial charge in [0.1, 0.15) is 54.4 Å². The van der Waals surface area contributed by atoms with Gasteiger partial charge in [0.15, 0.2) is 11.4 Å². The van der Waals surface area contributed by atoms with Crippen LogP contribution in [0.3, 0.4) is 0 Å². The second kappa shape index (κ2) is 28.6. The summed E-state index contributed by atoms with van der Waals surface area (Å²) >= 11 is 3.20. The molecule has 0 spiro atoms. The highest BCUT2D eigenvalue weighted by Crippen LogP contribution is 2.38. The number of benzene rings is 4. The van der Waals surface area contributed by atoms with Crippen LogP contribution in [-0.4, -0.2) is 76.8 Å². The Morgan fingerprint density at radius 3 is 1.37 bits per heavy atom. The number of rotatable bonds is 20. The molecule has 4 aromatic carbocycles. The number of alkyl halides is 6. The van der Waals surface area contributed by atoms with E-state index in [1.165, 1.54) is 15.3 Å². The molecule has 0 radical (unpaired) electrons. The predicted octanol–water partition coefficient (Wildman–Crippen LogP) is 16.7. The van der Waals surface area contributed by atoms with Crippen molar-refractivity contribution in [3.8, 4) is 45.5 Å². The second-order valence-corrected chi connectivity index (χ2v) is 36.5. The standard InChI is InChI=1S/C29H32F3N3O2Si.C20H25BO3.C15H19BrF3N3OSi/c1-21-16-23(11-13-26(21)37-19-22-8-6-5-7-9-22)25-12-10-24(17-33-25)28-34-27(29(30,31)32)18-35(28)20-36-14-15-38(2,3)4;1-15-13-17(21-23-19(2,3)20(4,5)24-21)11-12-18(15)22-14-16-9-7-6-8-10-16;1-24(2,3)7-6-23-10-22-9-12(15(17,18)19)21-14(22)11-4-5-13(16)20-8-11/h5-13,16-18H,14-15,19-20H2,1-4H3;6-13H,14H2,1-5H3;4-5,8-9H,6-7,10H2,1-3H3. The van der Waals surface area contributed by atoms with Gasteiger partial charge in [-0.1, -0.05) is 112 Å². The largest absolute Gasteiger partial charge is 0.494 e. The molecule has 4 aromatic heterocycles. The van der Waals surface area contributed by atoms with Crippen LogP contribution in [0.5, 0.6) is 11.5 Å². The lowest BCUT2D eigenvalue weighted by molar-refractivity contribution is -0.141. The molecule has 22 heteroatoms. The number of aromatic nitrogens is 6. The lowest BCUT2D eigenvalue weighted by Gasteiger charge is -2.32. The van der Waals surface area contributed by atoms with Crippen LogP contribution < -0.4 is 14.9 Å². The quantitative estimate of drug-likeness (QED) is 0.0316. The Balaban J connectivity index is 0.000000193. The van der Waals surface area contributed by atoms with Crippen molar-refractivity contribution < 1.29 is 54.6 Å². The van der Waals surface area contributed by atoms with Crippen LogP contribution in [0.15, 0.2) is 151 Å². The van der Waals surface area contributed by atoms with E-state index < -0.39 is 39.9 Å². The molecule has 458 valence electrons. The van der Waals surface area contributed by atoms with Crippen molar-refractivity contribution in [2.24, 2.45) is 0 Å². The van der Waals surface area contributed by atoms with Gasteiger partial charge in [-0.3, -0.25) is 4.98 Å². The fourth-order valence-corrected chi connectivity index (χ4v) is 10.2. The number of imidazole rings is 2. The fraction of sp³-hybridized carbons (Fsp3) is 0.375. The summed E-state index contributed by atoms with van der Waals surface area (Å²) in [6.45, 7) is 27.7. The smallest absolute Gasteiger partial charge is 0.489 e. The zero-order valence-electron chi connectivity index (χ0n) is 50.9. The van der Waals surface area contributed by atoms with Crippen LogP contribution in [0.2, 0.25) is 51.4 Å². The minimum absolute atomic E-state index is 0.00567. The van der Waals surface area contributed by atoms with Crippen molar-refractivity contribution >= 4 is 44.7 Å². The van der Waals surface area contributed by atoms with Gasteiger partial charge in [-0.05, 0) is 146 Å². The van der Waals surface area contributed by atoms with Gasteiger partial charge < -0.3 is 37.4 Å². The zero-order chi connectivity index (χ0) is 62.7. The van der Waals surface area contributed by atoms with E-state index in [1.807, 2.05) is 85.8 Å². The van der Waals surface area contributed by atoms with Crippen molar-refractivity contribution in [3.63, 3.8) is 0 Å². The first-order valence-corrected chi connectivity index (χ1v) is 36.5. The van der Waals surface area contributed by atoms with Crippen LogP contribution in [0, 0.1) is 13.8 Å². The van der Waals surface area contributed by atoms with E-state index in [2.05, 4.69) is 128 Å². The summed E-state index contributed by atoms with van der Waals surface area (Å²) < 4.78 is 118. The molecule has 0 saturated carbocycles. The monoisotopic (exact) mass is 1280 g/mol. The van der Waals surface area contributed by atoms with Gasteiger partial charge in [-0.15, -0.1) is 0 Å². The maximum Gasteiger partial charge on any atom is 0.494 e. The van der Waals surface area contributed by atoms with Crippen molar-refractivity contribution in [2.75, 3.05) is 13.2 Å². The van der Waals surface area contributed by atoms with Crippen LogP contribution in [-0.2, 0) is 57.8 Å². The molecule has 9 rings (SSSR count). The SMILES string of the molecule is C[Si](C)(C)CCOCn1cc(C(F)(F)F)nc1-c1ccc(Br)nc1.Cc1cc(-c2ccc(-c3nc(C(F)(F)F)cn3COCC[Si](C)(C)C)cn2)ccc1OCc1ccccc1.Cc1cc(B2OC(C)(C)C(C)(C)O2)ccc1OCc1ccccc1. The third-order valence-electron chi connectivity index (χ3n) is 14.3. The van der Waals surface area contributed by atoms with Crippen LogP contribution in [0.4, 0.5) is 26.3 Å². The molecule has 0 atom stereocenters. The highest BCUT2D eigenvalue weighted by atomic mass is 79.9. The third kappa shape index (κ3) is 19.6. The molecule has 1 fully saturated rings. The highest BCUT2D eigenvalue weighted by Gasteiger charge is 2.51. The Kier molecular flexibility index (Phi) is 22.3. The number of hydrogen-bond acceptors (Lipinski definition) is 10. The summed E-state index contributed by atoms with van der Waals surface area (Å²) in [7, 11) is -2.90. The third-order valence-corrected chi connectivity index (χ3v) is 18.1. The Hall–Kier alpha value is -6.40. The molecule has 5 heterocycles. The van der Waals surface area contributed by atoms with E-state index in [0.29, 0.717) is 47.9 Å². The number of halogens is 7. The molecule has 1 aliphatic heterocycles. The van der Waals surface area contributed by atoms with Crippen molar-refractivity contribution in [1.82, 2.24) is 29.1 Å². The molecule has 0 aliphatic carbocycles. The van der Waals surface area contributed by atoms with Crippen molar-refractivity contribution in [2.45, 2.75) is 143 Å². The Labute approximate surface area is 512 Å². The second-order valence-electron chi connectivity index (χ2n) is 24.5. The van der Waals surface area contributed by atoms with E-state index in [0.717, 1.165) is 69.3 Å². The fourth-order valence-electron chi connectivity index (χ4n) is 8.45. The van der Waals surface area contributed by atoms with Crippen molar-refractivity contribution in [3.05, 3.63) is 184 Å². The van der Waals surface area contributed by atoms with E-state index in [4.69, 9.17) is 28.3 Å². The van der Waals surface area contributed by atoms with Gasteiger partial charge >= 0.3 is 19.5 Å². The summed E-state index contributed by atoms with van der Waals surface area (Å²) in [4.78, 5) is 16.1. The normalized spacial score (nSPS) is 14.1. The number of pyridine rings is 2. The van der Waals surface area contributed by atoms with Gasteiger partial charge in [0.2, 0.25) is 0 Å². The number of nitrogens with zero attached hydrogens (tertiary/aromatic N) is 6. The summed E-state index contributed by atoms with van der Waals surface area (Å²) in [6, 6.07) is 40.7. The van der Waals surface area contributed by atoms with E-state index in [1.54, 1.807) is 30.5 Å². The van der Waals surface area contributed by atoms with Gasteiger partial charge in [0.25, 0.3) is 0 Å². The summed E-state index contributed by atoms with van der Waals surface area (Å²) in [5.41, 5.74) is 5.35. The molecule has 0 N–H and O–H groups in total. The average molecular weight is 1290 g/mol. The van der Waals surface area contributed by atoms with E-state index >= 15 is 0 Å². The zero-order valence-corrected chi connectivity index (χ0v) is 54.5. The number of hydrogen-bond donors (Lipinski definition) is 0. The van der Waals surface area contributed by atoms with Gasteiger partial charge in [0.05, 0.1) is 16.9 Å². The molecule has 8 aromatic rings. The molecule has 86 heavy (non-hydrogen) atoms. The first kappa shape index (κ1) is 67.1. The molecule has 1 aliphatic rings. The highest BCUT2D eigenvalue weighted by molar-refractivity contribution is 9.10. The van der Waals surface area contributed by atoms with Gasteiger partial charge in [-0.25, -0.2) is 15.0 Å². The first-order chi connectivity index (χ1) is 40.3. The summed E-state index contributed by atoms with van der Waals surface area (Å²) in [6.07, 6.45) is -4.05. The topological polar surface area (TPSA) is 117 Å².